The SMILES string of the molecule is C=C(c1cccn1C)N1C[C@@H](C)O[C@@H](C)C1. The molecule has 0 aliphatic carbocycles. The van der Waals surface area contributed by atoms with Crippen molar-refractivity contribution in [3.05, 3.63) is 30.6 Å². The maximum atomic E-state index is 5.72. The van der Waals surface area contributed by atoms with E-state index in [4.69, 9.17) is 4.74 Å². The lowest BCUT2D eigenvalue weighted by Gasteiger charge is -2.37. The van der Waals surface area contributed by atoms with Gasteiger partial charge in [0.25, 0.3) is 0 Å². The first-order valence-corrected chi connectivity index (χ1v) is 5.79. The van der Waals surface area contributed by atoms with Crippen LogP contribution in [0.4, 0.5) is 0 Å². The van der Waals surface area contributed by atoms with Crippen molar-refractivity contribution in [2.45, 2.75) is 26.1 Å². The van der Waals surface area contributed by atoms with Crippen molar-refractivity contribution in [3.63, 3.8) is 0 Å². The van der Waals surface area contributed by atoms with Gasteiger partial charge in [0.2, 0.25) is 0 Å². The summed E-state index contributed by atoms with van der Waals surface area (Å²) >= 11 is 0. The van der Waals surface area contributed by atoms with Crippen LogP contribution in [0, 0.1) is 0 Å². The molecule has 2 atom stereocenters. The Hall–Kier alpha value is -1.22. The first-order chi connectivity index (χ1) is 7.58. The molecule has 0 radical (unpaired) electrons. The van der Waals surface area contributed by atoms with E-state index in [1.807, 2.05) is 19.3 Å². The van der Waals surface area contributed by atoms with Gasteiger partial charge in [-0.15, -0.1) is 0 Å². The van der Waals surface area contributed by atoms with Crippen LogP contribution in [0.3, 0.4) is 0 Å². The van der Waals surface area contributed by atoms with Crippen molar-refractivity contribution in [1.29, 1.82) is 0 Å². The van der Waals surface area contributed by atoms with Crippen LogP contribution in [0.5, 0.6) is 0 Å². The Morgan fingerprint density at radius 2 is 2.00 bits per heavy atom. The van der Waals surface area contributed by atoms with Gasteiger partial charge in [0, 0.05) is 26.3 Å². The Bertz CT molecular complexity index is 373. The predicted octanol–water partition coefficient (Wildman–Crippen LogP) is 2.10. The minimum absolute atomic E-state index is 0.278. The number of hydrogen-bond donors (Lipinski definition) is 0. The Morgan fingerprint density at radius 3 is 2.50 bits per heavy atom. The molecule has 3 nitrogen and oxygen atoms in total. The fourth-order valence-electron chi connectivity index (χ4n) is 2.32. The van der Waals surface area contributed by atoms with E-state index in [0.29, 0.717) is 0 Å². The average molecular weight is 220 g/mol. The molecular formula is C13H20N2O. The molecule has 0 bridgehead atoms. The Morgan fingerprint density at radius 1 is 1.38 bits per heavy atom. The quantitative estimate of drug-likeness (QED) is 0.759. The third-order valence-corrected chi connectivity index (χ3v) is 3.04. The molecule has 88 valence electrons. The van der Waals surface area contributed by atoms with Gasteiger partial charge >= 0.3 is 0 Å². The number of aryl methyl sites for hydroxylation is 1. The second kappa shape index (κ2) is 4.34. The number of ether oxygens (including phenoxy) is 1. The number of rotatable bonds is 2. The molecule has 16 heavy (non-hydrogen) atoms. The van der Waals surface area contributed by atoms with Crippen LogP contribution < -0.4 is 0 Å². The monoisotopic (exact) mass is 220 g/mol. The Balaban J connectivity index is 2.13. The Kier molecular flexibility index (Phi) is 3.06. The zero-order valence-electron chi connectivity index (χ0n) is 10.3. The van der Waals surface area contributed by atoms with Gasteiger partial charge in [-0.1, -0.05) is 6.58 Å². The van der Waals surface area contributed by atoms with E-state index >= 15 is 0 Å². The molecule has 0 saturated carbocycles. The molecule has 2 heterocycles. The Labute approximate surface area is 97.3 Å². The standard InChI is InChI=1S/C13H20N2O/c1-10-8-15(9-11(2)16-10)12(3)13-6-5-7-14(13)4/h5-7,10-11H,3,8-9H2,1-2,4H3/t10-,11+. The first-order valence-electron chi connectivity index (χ1n) is 5.79. The molecular weight excluding hydrogens is 200 g/mol. The molecule has 1 saturated heterocycles. The van der Waals surface area contributed by atoms with Gasteiger partial charge in [-0.25, -0.2) is 0 Å². The summed E-state index contributed by atoms with van der Waals surface area (Å²) in [7, 11) is 2.05. The van der Waals surface area contributed by atoms with Gasteiger partial charge in [-0.2, -0.15) is 0 Å². The maximum Gasteiger partial charge on any atom is 0.0726 e. The van der Waals surface area contributed by atoms with Gasteiger partial charge in [-0.3, -0.25) is 0 Å². The van der Waals surface area contributed by atoms with Gasteiger partial charge in [0.05, 0.1) is 23.6 Å². The number of hydrogen-bond acceptors (Lipinski definition) is 2. The molecule has 1 fully saturated rings. The van der Waals surface area contributed by atoms with E-state index in [9.17, 15) is 0 Å². The third-order valence-electron chi connectivity index (χ3n) is 3.04. The topological polar surface area (TPSA) is 17.4 Å². The molecule has 1 aliphatic heterocycles. The summed E-state index contributed by atoms with van der Waals surface area (Å²) in [6.07, 6.45) is 2.61. The van der Waals surface area contributed by atoms with Crippen molar-refractivity contribution in [2.75, 3.05) is 13.1 Å². The summed E-state index contributed by atoms with van der Waals surface area (Å²) in [6, 6.07) is 4.15. The van der Waals surface area contributed by atoms with Crippen LogP contribution >= 0.6 is 0 Å². The molecule has 2 rings (SSSR count). The molecule has 0 N–H and O–H groups in total. The zero-order chi connectivity index (χ0) is 11.7. The van der Waals surface area contributed by atoms with E-state index in [1.165, 1.54) is 5.69 Å². The highest BCUT2D eigenvalue weighted by Crippen LogP contribution is 2.22. The maximum absolute atomic E-state index is 5.72. The molecule has 0 spiro atoms. The number of aromatic nitrogens is 1. The van der Waals surface area contributed by atoms with Crippen molar-refractivity contribution in [1.82, 2.24) is 9.47 Å². The zero-order valence-corrected chi connectivity index (χ0v) is 10.3. The summed E-state index contributed by atoms with van der Waals surface area (Å²) in [5.74, 6) is 0. The molecule has 0 amide bonds. The summed E-state index contributed by atoms with van der Waals surface area (Å²) in [5, 5.41) is 0. The molecule has 3 heteroatoms. The van der Waals surface area contributed by atoms with Crippen LogP contribution in [0.25, 0.3) is 5.70 Å². The predicted molar refractivity (Wildman–Crippen MR) is 66.0 cm³/mol. The second-order valence-electron chi connectivity index (χ2n) is 4.61. The molecule has 1 aromatic rings. The summed E-state index contributed by atoms with van der Waals surface area (Å²) in [5.41, 5.74) is 2.27. The lowest BCUT2D eigenvalue weighted by molar-refractivity contribution is -0.0509. The smallest absolute Gasteiger partial charge is 0.0726 e. The van der Waals surface area contributed by atoms with E-state index in [2.05, 4.69) is 36.0 Å². The summed E-state index contributed by atoms with van der Waals surface area (Å²) in [6.45, 7) is 10.3. The van der Waals surface area contributed by atoms with Gasteiger partial charge < -0.3 is 14.2 Å². The average Bonchev–Trinajstić information content (AvgIpc) is 2.62. The molecule has 1 aliphatic rings. The second-order valence-corrected chi connectivity index (χ2v) is 4.61. The molecule has 1 aromatic heterocycles. The van der Waals surface area contributed by atoms with E-state index < -0.39 is 0 Å². The molecule has 0 unspecified atom stereocenters. The fraction of sp³-hybridized carbons (Fsp3) is 0.538. The third kappa shape index (κ3) is 2.14. The van der Waals surface area contributed by atoms with Crippen molar-refractivity contribution in [3.8, 4) is 0 Å². The van der Waals surface area contributed by atoms with Crippen molar-refractivity contribution in [2.24, 2.45) is 7.05 Å². The minimum Gasteiger partial charge on any atom is -0.372 e. The highest BCUT2D eigenvalue weighted by atomic mass is 16.5. The van der Waals surface area contributed by atoms with Crippen LogP contribution in [0.15, 0.2) is 24.9 Å². The van der Waals surface area contributed by atoms with Crippen LogP contribution in [0.1, 0.15) is 19.5 Å². The number of morpholine rings is 1. The van der Waals surface area contributed by atoms with Gasteiger partial charge in [0.1, 0.15) is 0 Å². The number of nitrogens with zero attached hydrogens (tertiary/aromatic N) is 2. The van der Waals surface area contributed by atoms with Gasteiger partial charge in [-0.05, 0) is 26.0 Å². The highest BCUT2D eigenvalue weighted by molar-refractivity contribution is 5.59. The minimum atomic E-state index is 0.278. The van der Waals surface area contributed by atoms with Crippen molar-refractivity contribution >= 4 is 5.70 Å². The largest absolute Gasteiger partial charge is 0.372 e. The highest BCUT2D eigenvalue weighted by Gasteiger charge is 2.24. The van der Waals surface area contributed by atoms with Crippen LogP contribution in [0.2, 0.25) is 0 Å². The van der Waals surface area contributed by atoms with Crippen LogP contribution in [-0.2, 0) is 11.8 Å². The lowest BCUT2D eigenvalue weighted by Crippen LogP contribution is -2.44. The first kappa shape index (κ1) is 11.3. The fourth-order valence-corrected chi connectivity index (χ4v) is 2.32. The van der Waals surface area contributed by atoms with Crippen molar-refractivity contribution < 1.29 is 4.74 Å². The van der Waals surface area contributed by atoms with Gasteiger partial charge in [0.15, 0.2) is 0 Å². The van der Waals surface area contributed by atoms with Crippen LogP contribution in [-0.4, -0.2) is 34.8 Å². The lowest BCUT2D eigenvalue weighted by atomic mass is 10.2. The van der Waals surface area contributed by atoms with E-state index in [0.717, 1.165) is 18.8 Å². The van der Waals surface area contributed by atoms with E-state index in [-0.39, 0.29) is 12.2 Å². The molecule has 0 aromatic carbocycles. The summed E-state index contributed by atoms with van der Waals surface area (Å²) in [4.78, 5) is 2.31. The normalized spacial score (nSPS) is 25.8. The van der Waals surface area contributed by atoms with E-state index in [1.54, 1.807) is 0 Å². The summed E-state index contributed by atoms with van der Waals surface area (Å²) < 4.78 is 7.83.